The normalized spacial score (nSPS) is 19.5. The number of hydrogen-bond acceptors (Lipinski definition) is 3. The Kier molecular flexibility index (Phi) is 6.05. The highest BCUT2D eigenvalue weighted by molar-refractivity contribution is 6.31. The largest absolute Gasteiger partial charge is 0.374 e. The first-order chi connectivity index (χ1) is 10.5. The minimum atomic E-state index is -2.54. The van der Waals surface area contributed by atoms with Crippen LogP contribution in [0.15, 0.2) is 18.2 Å². The zero-order chi connectivity index (χ0) is 16.1. The van der Waals surface area contributed by atoms with Gasteiger partial charge in [-0.05, 0) is 12.1 Å². The number of rotatable bonds is 6. The monoisotopic (exact) mass is 336 g/mol. The quantitative estimate of drug-likeness (QED) is 0.810. The lowest BCUT2D eigenvalue weighted by molar-refractivity contribution is -0.130. The fraction of sp³-hybridized carbons (Fsp3) is 0.500. The number of ether oxygens (including phenoxy) is 1. The van der Waals surface area contributed by atoms with Crippen molar-refractivity contribution in [3.05, 3.63) is 34.6 Å². The Hall–Kier alpha value is -1.31. The molecule has 0 unspecified atom stereocenters. The number of amides is 1. The van der Waals surface area contributed by atoms with Gasteiger partial charge in [0.2, 0.25) is 5.91 Å². The van der Waals surface area contributed by atoms with E-state index in [1.165, 1.54) is 18.2 Å². The number of carbonyl (C=O) groups is 1. The molecule has 1 fully saturated rings. The molecule has 0 saturated carbocycles. The lowest BCUT2D eigenvalue weighted by Gasteiger charge is -2.35. The van der Waals surface area contributed by atoms with Crippen molar-refractivity contribution in [2.75, 3.05) is 32.8 Å². The molecule has 1 atom stereocenters. The molecule has 0 spiro atoms. The summed E-state index contributed by atoms with van der Waals surface area (Å²) in [6, 6.07) is 3.30. The number of nitrogens with zero attached hydrogens (tertiary/aromatic N) is 1. The first-order valence-corrected chi connectivity index (χ1v) is 7.20. The molecule has 0 radical (unpaired) electrons. The van der Waals surface area contributed by atoms with E-state index in [1.807, 2.05) is 0 Å². The van der Waals surface area contributed by atoms with E-state index in [9.17, 15) is 18.0 Å². The Morgan fingerprint density at radius 2 is 2.23 bits per heavy atom. The Bertz CT molecular complexity index is 511. The van der Waals surface area contributed by atoms with Crippen LogP contribution in [0.1, 0.15) is 11.6 Å². The van der Waals surface area contributed by atoms with Gasteiger partial charge in [-0.15, -0.1) is 0 Å². The third-order valence-electron chi connectivity index (χ3n) is 3.35. The Morgan fingerprint density at radius 3 is 2.91 bits per heavy atom. The van der Waals surface area contributed by atoms with Crippen LogP contribution >= 0.6 is 11.6 Å². The maximum Gasteiger partial charge on any atom is 0.261 e. The highest BCUT2D eigenvalue weighted by Crippen LogP contribution is 2.31. The highest BCUT2D eigenvalue weighted by Gasteiger charge is 2.34. The van der Waals surface area contributed by atoms with Gasteiger partial charge in [0.25, 0.3) is 6.43 Å². The first kappa shape index (κ1) is 17.1. The number of hydrogen-bond donors (Lipinski definition) is 1. The minimum absolute atomic E-state index is 0.0280. The molecule has 122 valence electrons. The van der Waals surface area contributed by atoms with Gasteiger partial charge >= 0.3 is 0 Å². The van der Waals surface area contributed by atoms with Crippen molar-refractivity contribution in [1.29, 1.82) is 0 Å². The molecule has 1 saturated heterocycles. The fourth-order valence-corrected chi connectivity index (χ4v) is 2.66. The molecule has 8 heteroatoms. The molecule has 1 heterocycles. The third-order valence-corrected chi connectivity index (χ3v) is 3.68. The van der Waals surface area contributed by atoms with Crippen molar-refractivity contribution in [2.45, 2.75) is 12.5 Å². The van der Waals surface area contributed by atoms with Gasteiger partial charge in [0, 0.05) is 30.2 Å². The van der Waals surface area contributed by atoms with Gasteiger partial charge in [-0.3, -0.25) is 9.69 Å². The molecule has 1 N–H and O–H groups in total. The van der Waals surface area contributed by atoms with Gasteiger partial charge in [0.05, 0.1) is 6.61 Å². The van der Waals surface area contributed by atoms with Crippen molar-refractivity contribution in [3.63, 3.8) is 0 Å². The first-order valence-electron chi connectivity index (χ1n) is 6.82. The predicted octanol–water partition coefficient (Wildman–Crippen LogP) is 2.23. The molecule has 0 aliphatic carbocycles. The van der Waals surface area contributed by atoms with E-state index < -0.39 is 24.9 Å². The average Bonchev–Trinajstić information content (AvgIpc) is 2.45. The lowest BCUT2D eigenvalue weighted by Crippen LogP contribution is -2.51. The lowest BCUT2D eigenvalue weighted by atomic mass is 10.0. The number of alkyl halides is 2. The molecule has 1 aliphatic heterocycles. The van der Waals surface area contributed by atoms with Crippen LogP contribution < -0.4 is 5.32 Å². The Balaban J connectivity index is 2.12. The average molecular weight is 337 g/mol. The molecule has 1 aromatic carbocycles. The van der Waals surface area contributed by atoms with Gasteiger partial charge in [-0.25, -0.2) is 13.2 Å². The second kappa shape index (κ2) is 7.80. The summed E-state index contributed by atoms with van der Waals surface area (Å²) in [6.45, 7) is 0.455. The van der Waals surface area contributed by atoms with Crippen molar-refractivity contribution >= 4 is 17.5 Å². The molecule has 4 nitrogen and oxygen atoms in total. The van der Waals surface area contributed by atoms with E-state index in [2.05, 4.69) is 5.32 Å². The second-order valence-electron chi connectivity index (χ2n) is 4.83. The maximum absolute atomic E-state index is 14.1. The molecule has 1 aromatic rings. The summed E-state index contributed by atoms with van der Waals surface area (Å²) in [4.78, 5) is 13.8. The number of carbonyl (C=O) groups excluding carboxylic acids is 1. The molecular weight excluding hydrogens is 321 g/mol. The van der Waals surface area contributed by atoms with Crippen LogP contribution in [0.5, 0.6) is 0 Å². The van der Waals surface area contributed by atoms with Crippen LogP contribution in [0, 0.1) is 5.82 Å². The smallest absolute Gasteiger partial charge is 0.261 e. The maximum atomic E-state index is 14.1. The van der Waals surface area contributed by atoms with E-state index in [0.717, 1.165) is 0 Å². The molecule has 0 aromatic heterocycles. The topological polar surface area (TPSA) is 41.6 Å². The molecule has 1 aliphatic rings. The van der Waals surface area contributed by atoms with Crippen LogP contribution in [-0.4, -0.2) is 50.1 Å². The molecule has 1 amide bonds. The number of halogens is 4. The van der Waals surface area contributed by atoms with Crippen molar-refractivity contribution < 1.29 is 22.7 Å². The number of piperazine rings is 1. The van der Waals surface area contributed by atoms with Crippen LogP contribution in [0.2, 0.25) is 5.02 Å². The number of benzene rings is 1. The summed E-state index contributed by atoms with van der Waals surface area (Å²) in [5.74, 6) is -0.944. The highest BCUT2D eigenvalue weighted by atomic mass is 35.5. The standard InChI is InChI=1S/C14H16ClF3N2O2/c15-9-2-1-3-10(16)12(9)13-14(21)19-4-5-20(13)6-7-22-8-11(17)18/h1-3,11,13H,4-8H2,(H,19,21)/t13-/m0/s1. The van der Waals surface area contributed by atoms with Gasteiger partial charge in [-0.2, -0.15) is 0 Å². The molecule has 22 heavy (non-hydrogen) atoms. The van der Waals surface area contributed by atoms with Crippen LogP contribution in [0.25, 0.3) is 0 Å². The zero-order valence-corrected chi connectivity index (χ0v) is 12.5. The Labute approximate surface area is 131 Å². The van der Waals surface area contributed by atoms with Crippen molar-refractivity contribution in [3.8, 4) is 0 Å². The van der Waals surface area contributed by atoms with Crippen LogP contribution in [-0.2, 0) is 9.53 Å². The second-order valence-corrected chi connectivity index (χ2v) is 5.24. The summed E-state index contributed by atoms with van der Waals surface area (Å²) < 4.78 is 43.0. The van der Waals surface area contributed by atoms with Gasteiger partial charge in [0.15, 0.2) is 0 Å². The molecule has 2 rings (SSSR count). The molecular formula is C14H16ClF3N2O2. The Morgan fingerprint density at radius 1 is 1.45 bits per heavy atom. The summed E-state index contributed by atoms with van der Waals surface area (Å²) in [7, 11) is 0. The number of nitrogens with one attached hydrogen (secondary N) is 1. The third kappa shape index (κ3) is 4.12. The fourth-order valence-electron chi connectivity index (χ4n) is 2.40. The van der Waals surface area contributed by atoms with E-state index in [-0.39, 0.29) is 29.6 Å². The van der Waals surface area contributed by atoms with Crippen LogP contribution in [0.3, 0.4) is 0 Å². The SMILES string of the molecule is O=C1NCCN(CCOCC(F)F)[C@H]1c1c(F)cccc1Cl. The summed E-state index contributed by atoms with van der Waals surface area (Å²) in [6.07, 6.45) is -2.54. The summed E-state index contributed by atoms with van der Waals surface area (Å²) in [5.41, 5.74) is 0.0928. The van der Waals surface area contributed by atoms with Gasteiger partial charge < -0.3 is 10.1 Å². The van der Waals surface area contributed by atoms with Gasteiger partial charge in [-0.1, -0.05) is 17.7 Å². The van der Waals surface area contributed by atoms with Crippen LogP contribution in [0.4, 0.5) is 13.2 Å². The predicted molar refractivity (Wildman–Crippen MR) is 75.6 cm³/mol. The summed E-state index contributed by atoms with van der Waals surface area (Å²) >= 11 is 6.02. The van der Waals surface area contributed by atoms with Crippen molar-refractivity contribution in [1.82, 2.24) is 10.2 Å². The van der Waals surface area contributed by atoms with E-state index in [4.69, 9.17) is 16.3 Å². The van der Waals surface area contributed by atoms with E-state index in [1.54, 1.807) is 4.90 Å². The van der Waals surface area contributed by atoms with Gasteiger partial charge in [0.1, 0.15) is 18.5 Å². The minimum Gasteiger partial charge on any atom is -0.374 e. The van der Waals surface area contributed by atoms with E-state index in [0.29, 0.717) is 13.1 Å². The zero-order valence-electron chi connectivity index (χ0n) is 11.7. The summed E-state index contributed by atoms with van der Waals surface area (Å²) in [5, 5.41) is 2.81. The van der Waals surface area contributed by atoms with Crippen molar-refractivity contribution in [2.24, 2.45) is 0 Å². The molecule has 0 bridgehead atoms. The van der Waals surface area contributed by atoms with E-state index >= 15 is 0 Å².